The first-order valence-corrected chi connectivity index (χ1v) is 22.6. The van der Waals surface area contributed by atoms with Crippen LogP contribution in [0.4, 0.5) is 17.1 Å². The summed E-state index contributed by atoms with van der Waals surface area (Å²) in [6.45, 7) is 0. The van der Waals surface area contributed by atoms with E-state index in [0.717, 1.165) is 22.7 Å². The molecule has 2 aliphatic carbocycles. The highest BCUT2D eigenvalue weighted by molar-refractivity contribution is 6.28. The fourth-order valence-corrected chi connectivity index (χ4v) is 11.8. The highest BCUT2D eigenvalue weighted by Crippen LogP contribution is 2.63. The molecule has 1 spiro atoms. The summed E-state index contributed by atoms with van der Waals surface area (Å²) in [4.78, 5) is 2.46. The summed E-state index contributed by atoms with van der Waals surface area (Å²) in [6, 6.07) is 90.0. The number of nitrogens with zero attached hydrogens (tertiary/aromatic N) is 2. The zero-order chi connectivity index (χ0) is 42.6. The molecule has 14 rings (SSSR count). The molecule has 0 N–H and O–H groups in total. The van der Waals surface area contributed by atoms with Gasteiger partial charge in [-0.15, -0.1) is 0 Å². The number of fused-ring (bicyclic) bond motifs is 8. The molecule has 1 aromatic heterocycles. The largest absolute Gasteiger partial charge is 0.310 e. The Hall–Kier alpha value is -8.46. The van der Waals surface area contributed by atoms with E-state index in [0.29, 0.717) is 0 Å². The van der Waals surface area contributed by atoms with Crippen molar-refractivity contribution in [3.05, 3.63) is 265 Å². The molecule has 65 heavy (non-hydrogen) atoms. The highest BCUT2D eigenvalue weighted by Gasteiger charge is 2.50. The summed E-state index contributed by atoms with van der Waals surface area (Å²) in [5, 5.41) is 7.67. The lowest BCUT2D eigenvalue weighted by Gasteiger charge is -2.38. The summed E-state index contributed by atoms with van der Waals surface area (Å²) in [5.41, 5.74) is 19.2. The van der Waals surface area contributed by atoms with Crippen LogP contribution in [0.2, 0.25) is 0 Å². The first-order valence-electron chi connectivity index (χ1n) is 22.6. The van der Waals surface area contributed by atoms with Gasteiger partial charge in [0.15, 0.2) is 0 Å². The van der Waals surface area contributed by atoms with Crippen LogP contribution in [-0.2, 0) is 5.41 Å². The second-order valence-corrected chi connectivity index (χ2v) is 17.6. The van der Waals surface area contributed by atoms with Gasteiger partial charge in [0, 0.05) is 33.2 Å². The number of hydrogen-bond acceptors (Lipinski definition) is 1. The minimum Gasteiger partial charge on any atom is -0.310 e. The van der Waals surface area contributed by atoms with Gasteiger partial charge in [0.05, 0.1) is 22.1 Å². The number of rotatable bonds is 6. The molecule has 0 unspecified atom stereocenters. The first kappa shape index (κ1) is 36.1. The van der Waals surface area contributed by atoms with Crippen LogP contribution in [-0.4, -0.2) is 4.57 Å². The summed E-state index contributed by atoms with van der Waals surface area (Å²) < 4.78 is 2.52. The Balaban J connectivity index is 1.07. The van der Waals surface area contributed by atoms with Gasteiger partial charge in [0.2, 0.25) is 0 Å². The van der Waals surface area contributed by atoms with Gasteiger partial charge in [0.1, 0.15) is 0 Å². The van der Waals surface area contributed by atoms with E-state index in [1.54, 1.807) is 0 Å². The number of benzene rings is 11. The van der Waals surface area contributed by atoms with Crippen molar-refractivity contribution in [3.8, 4) is 39.1 Å². The predicted octanol–water partition coefficient (Wildman–Crippen LogP) is 16.6. The molecule has 0 bridgehead atoms. The molecule has 12 aromatic rings. The van der Waals surface area contributed by atoms with Crippen molar-refractivity contribution >= 4 is 60.4 Å². The van der Waals surface area contributed by atoms with Gasteiger partial charge in [-0.1, -0.05) is 188 Å². The van der Waals surface area contributed by atoms with Crippen molar-refractivity contribution in [2.45, 2.75) is 5.41 Å². The number of anilines is 3. The maximum atomic E-state index is 2.52. The quantitative estimate of drug-likeness (QED) is 0.162. The van der Waals surface area contributed by atoms with Crippen molar-refractivity contribution in [2.75, 3.05) is 4.90 Å². The minimum atomic E-state index is -0.527. The van der Waals surface area contributed by atoms with E-state index in [4.69, 9.17) is 0 Å². The van der Waals surface area contributed by atoms with Crippen LogP contribution >= 0.6 is 0 Å². The van der Waals surface area contributed by atoms with Crippen LogP contribution < -0.4 is 4.90 Å². The molecule has 0 amide bonds. The topological polar surface area (TPSA) is 8.17 Å². The lowest BCUT2D eigenvalue weighted by atomic mass is 9.63. The van der Waals surface area contributed by atoms with E-state index in [2.05, 4.69) is 252 Å². The number of para-hydroxylation sites is 1. The Morgan fingerprint density at radius 2 is 0.908 bits per heavy atom. The Labute approximate surface area is 377 Å². The van der Waals surface area contributed by atoms with E-state index >= 15 is 0 Å². The Morgan fingerprint density at radius 3 is 1.71 bits per heavy atom. The van der Waals surface area contributed by atoms with Crippen molar-refractivity contribution < 1.29 is 0 Å². The fourth-order valence-electron chi connectivity index (χ4n) is 11.8. The first-order chi connectivity index (χ1) is 32.3. The molecule has 0 aliphatic heterocycles. The molecular weight excluding hydrogens is 785 g/mol. The molecule has 11 aromatic carbocycles. The summed E-state index contributed by atoms with van der Waals surface area (Å²) in [5.74, 6) is 0. The summed E-state index contributed by atoms with van der Waals surface area (Å²) in [6.07, 6.45) is 0. The van der Waals surface area contributed by atoms with E-state index in [1.807, 2.05) is 0 Å². The number of aromatic nitrogens is 1. The van der Waals surface area contributed by atoms with Crippen LogP contribution in [0.3, 0.4) is 0 Å². The van der Waals surface area contributed by atoms with Gasteiger partial charge >= 0.3 is 0 Å². The third-order valence-electron chi connectivity index (χ3n) is 14.4. The smallest absolute Gasteiger partial charge is 0.0726 e. The van der Waals surface area contributed by atoms with Gasteiger partial charge in [-0.05, 0) is 126 Å². The van der Waals surface area contributed by atoms with Crippen LogP contribution in [0.1, 0.15) is 22.3 Å². The molecule has 0 saturated heterocycles. The molecule has 2 heteroatoms. The monoisotopic (exact) mass is 824 g/mol. The average Bonchev–Trinajstić information content (AvgIpc) is 3.88. The summed E-state index contributed by atoms with van der Waals surface area (Å²) in [7, 11) is 0. The van der Waals surface area contributed by atoms with Crippen molar-refractivity contribution in [2.24, 2.45) is 0 Å². The van der Waals surface area contributed by atoms with E-state index in [-0.39, 0.29) is 0 Å². The average molecular weight is 825 g/mol. The molecular formula is C63H40N2. The highest BCUT2D eigenvalue weighted by atomic mass is 15.1. The van der Waals surface area contributed by atoms with Gasteiger partial charge < -0.3 is 9.47 Å². The van der Waals surface area contributed by atoms with Crippen LogP contribution in [0.15, 0.2) is 243 Å². The lowest BCUT2D eigenvalue weighted by molar-refractivity contribution is 0.783. The Bertz CT molecular complexity index is 3830. The molecule has 0 fully saturated rings. The standard InChI is InChI=1S/C63H40N2/c1-3-16-41(17-4-1)44-20-13-23-47(40-44)65-58-31-15-30-55-61(58)62-59(65)38-36-52-57(39-37-56(60(52)62)63(55)53-28-11-9-25-50(53)51-26-10-12-29-54(51)63)64(45-21-5-2-6-22-45)46-34-32-43(33-35-46)49-27-14-19-42-18-7-8-24-48(42)49/h1-40H. The van der Waals surface area contributed by atoms with E-state index in [1.165, 1.54) is 99.0 Å². The van der Waals surface area contributed by atoms with Gasteiger partial charge in [-0.25, -0.2) is 0 Å². The third-order valence-corrected chi connectivity index (χ3v) is 14.4. The minimum absolute atomic E-state index is 0.527. The molecule has 2 nitrogen and oxygen atoms in total. The maximum absolute atomic E-state index is 2.52. The predicted molar refractivity (Wildman–Crippen MR) is 272 cm³/mol. The number of hydrogen-bond donors (Lipinski definition) is 0. The van der Waals surface area contributed by atoms with Crippen LogP contribution in [0.25, 0.3) is 82.4 Å². The van der Waals surface area contributed by atoms with Gasteiger partial charge in [-0.3, -0.25) is 0 Å². The van der Waals surface area contributed by atoms with Crippen LogP contribution in [0, 0.1) is 0 Å². The maximum Gasteiger partial charge on any atom is 0.0726 e. The molecule has 1 heterocycles. The molecule has 2 aliphatic rings. The Kier molecular flexibility index (Phi) is 7.64. The van der Waals surface area contributed by atoms with Crippen LogP contribution in [0.5, 0.6) is 0 Å². The molecule has 0 saturated carbocycles. The third kappa shape index (κ3) is 4.99. The summed E-state index contributed by atoms with van der Waals surface area (Å²) >= 11 is 0. The van der Waals surface area contributed by atoms with Crippen molar-refractivity contribution in [1.29, 1.82) is 0 Å². The SMILES string of the molecule is c1ccc(-c2cccc(-n3c4cccc5c4c4c6c(ccc(N(c7ccccc7)c7ccc(-c8cccc9ccccc89)cc7)c6ccc43)C53c4ccccc4-c4ccccc43)c2)cc1. The zero-order valence-electron chi connectivity index (χ0n) is 35.5. The zero-order valence-corrected chi connectivity index (χ0v) is 35.5. The van der Waals surface area contributed by atoms with E-state index < -0.39 is 5.41 Å². The molecule has 0 radical (unpaired) electrons. The fraction of sp³-hybridized carbons (Fsp3) is 0.0159. The molecule has 302 valence electrons. The normalized spacial score (nSPS) is 13.0. The van der Waals surface area contributed by atoms with E-state index in [9.17, 15) is 0 Å². The van der Waals surface area contributed by atoms with Crippen molar-refractivity contribution in [3.63, 3.8) is 0 Å². The second-order valence-electron chi connectivity index (χ2n) is 17.6. The van der Waals surface area contributed by atoms with Gasteiger partial charge in [0.25, 0.3) is 0 Å². The van der Waals surface area contributed by atoms with Gasteiger partial charge in [-0.2, -0.15) is 0 Å². The lowest BCUT2D eigenvalue weighted by Crippen LogP contribution is -2.30. The van der Waals surface area contributed by atoms with Crippen molar-refractivity contribution in [1.82, 2.24) is 4.57 Å². The molecule has 0 atom stereocenters. The second kappa shape index (κ2) is 13.8. The Morgan fingerprint density at radius 1 is 0.323 bits per heavy atom.